The van der Waals surface area contributed by atoms with E-state index in [1.165, 1.54) is 12.3 Å². The van der Waals surface area contributed by atoms with Crippen molar-refractivity contribution in [2.24, 2.45) is 5.73 Å². The van der Waals surface area contributed by atoms with E-state index < -0.39 is 11.9 Å². The Bertz CT molecular complexity index is 933. The van der Waals surface area contributed by atoms with E-state index in [0.717, 1.165) is 33.4 Å². The summed E-state index contributed by atoms with van der Waals surface area (Å²) in [6.07, 6.45) is 2.18. The molecule has 1 heterocycles. The molecule has 0 fully saturated rings. The lowest BCUT2D eigenvalue weighted by Crippen LogP contribution is -2.13. The number of hydrogen-bond acceptors (Lipinski definition) is 2. The Morgan fingerprint density at radius 3 is 2.61 bits per heavy atom. The molecule has 1 aromatic heterocycles. The summed E-state index contributed by atoms with van der Waals surface area (Å²) in [5.74, 6) is -0.947. The van der Waals surface area contributed by atoms with Crippen LogP contribution >= 0.6 is 0 Å². The Kier molecular flexibility index (Phi) is 2.98. The van der Waals surface area contributed by atoms with Crippen molar-refractivity contribution in [3.8, 4) is 22.3 Å². The summed E-state index contributed by atoms with van der Waals surface area (Å²) < 4.78 is 13.1. The molecule has 3 nitrogen and oxygen atoms in total. The van der Waals surface area contributed by atoms with Crippen LogP contribution in [0.3, 0.4) is 0 Å². The minimum absolute atomic E-state index is 0.433. The number of primary amides is 1. The number of benzene rings is 2. The number of carbonyl (C=O) groups excluding carboxylic acids is 1. The quantitative estimate of drug-likeness (QED) is 0.576. The molecule has 0 bridgehead atoms. The van der Waals surface area contributed by atoms with Crippen molar-refractivity contribution in [1.29, 1.82) is 0 Å². The molecule has 0 saturated carbocycles. The summed E-state index contributed by atoms with van der Waals surface area (Å²) in [5.41, 5.74) is 12.0. The lowest BCUT2D eigenvalue weighted by Gasteiger charge is -2.12. The van der Waals surface area contributed by atoms with Gasteiger partial charge in [0, 0.05) is 17.3 Å². The van der Waals surface area contributed by atoms with Crippen LogP contribution in [0.5, 0.6) is 0 Å². The van der Waals surface area contributed by atoms with Crippen LogP contribution in [-0.2, 0) is 6.42 Å². The Hall–Kier alpha value is -3.01. The highest BCUT2D eigenvalue weighted by molar-refractivity contribution is 6.01. The molecule has 0 saturated heterocycles. The van der Waals surface area contributed by atoms with Gasteiger partial charge in [-0.05, 0) is 52.4 Å². The summed E-state index contributed by atoms with van der Waals surface area (Å²) >= 11 is 0. The standard InChI is InChI=1S/C19H13FN2O/c20-17-8-5-12(10-22-17)14-6-7-15(19(21)23)16-9-11-3-1-2-4-13(11)18(14)16/h1-8,10H,9H2,(H2,21,23). The molecular formula is C19H13FN2O. The molecule has 3 aromatic rings. The van der Waals surface area contributed by atoms with Crippen LogP contribution < -0.4 is 5.73 Å². The van der Waals surface area contributed by atoms with Crippen LogP contribution in [0.4, 0.5) is 4.39 Å². The Morgan fingerprint density at radius 2 is 1.87 bits per heavy atom. The predicted octanol–water partition coefficient (Wildman–Crippen LogP) is 3.56. The van der Waals surface area contributed by atoms with Gasteiger partial charge in [-0.1, -0.05) is 30.3 Å². The van der Waals surface area contributed by atoms with Crippen molar-refractivity contribution in [2.75, 3.05) is 0 Å². The van der Waals surface area contributed by atoms with E-state index in [1.54, 1.807) is 12.1 Å². The van der Waals surface area contributed by atoms with E-state index in [1.807, 2.05) is 30.3 Å². The molecule has 1 aliphatic carbocycles. The number of nitrogens with zero attached hydrogens (tertiary/aromatic N) is 1. The van der Waals surface area contributed by atoms with Gasteiger partial charge in [-0.3, -0.25) is 4.79 Å². The lowest BCUT2D eigenvalue weighted by molar-refractivity contribution is 0.0999. The second kappa shape index (κ2) is 5.02. The van der Waals surface area contributed by atoms with Gasteiger partial charge in [0.2, 0.25) is 11.9 Å². The van der Waals surface area contributed by atoms with E-state index in [-0.39, 0.29) is 0 Å². The first kappa shape index (κ1) is 13.6. The predicted molar refractivity (Wildman–Crippen MR) is 86.4 cm³/mol. The van der Waals surface area contributed by atoms with Crippen molar-refractivity contribution < 1.29 is 9.18 Å². The summed E-state index contributed by atoms with van der Waals surface area (Å²) in [6, 6.07) is 14.7. The number of amides is 1. The Labute approximate surface area is 132 Å². The summed E-state index contributed by atoms with van der Waals surface area (Å²) in [5, 5.41) is 0. The molecule has 23 heavy (non-hydrogen) atoms. The smallest absolute Gasteiger partial charge is 0.249 e. The van der Waals surface area contributed by atoms with Crippen LogP contribution in [-0.4, -0.2) is 10.9 Å². The maximum atomic E-state index is 13.1. The maximum Gasteiger partial charge on any atom is 0.249 e. The van der Waals surface area contributed by atoms with Gasteiger partial charge in [0.25, 0.3) is 0 Å². The summed E-state index contributed by atoms with van der Waals surface area (Å²) in [7, 11) is 0. The summed E-state index contributed by atoms with van der Waals surface area (Å²) in [6.45, 7) is 0. The van der Waals surface area contributed by atoms with Crippen LogP contribution in [0, 0.1) is 5.95 Å². The van der Waals surface area contributed by atoms with Gasteiger partial charge in [0.1, 0.15) is 0 Å². The van der Waals surface area contributed by atoms with Gasteiger partial charge in [0.15, 0.2) is 0 Å². The average Bonchev–Trinajstić information content (AvgIpc) is 2.94. The van der Waals surface area contributed by atoms with E-state index in [2.05, 4.69) is 4.98 Å². The molecule has 0 radical (unpaired) electrons. The number of carbonyl (C=O) groups is 1. The lowest BCUT2D eigenvalue weighted by atomic mass is 9.92. The highest BCUT2D eigenvalue weighted by atomic mass is 19.1. The zero-order chi connectivity index (χ0) is 16.0. The van der Waals surface area contributed by atoms with Gasteiger partial charge in [0.05, 0.1) is 0 Å². The number of halogens is 1. The topological polar surface area (TPSA) is 56.0 Å². The number of aromatic nitrogens is 1. The highest BCUT2D eigenvalue weighted by Gasteiger charge is 2.26. The normalized spacial score (nSPS) is 11.9. The fraction of sp³-hybridized carbons (Fsp3) is 0.0526. The van der Waals surface area contributed by atoms with Crippen LogP contribution in [0.1, 0.15) is 21.5 Å². The molecule has 0 spiro atoms. The number of fused-ring (bicyclic) bond motifs is 3. The van der Waals surface area contributed by atoms with E-state index in [9.17, 15) is 9.18 Å². The molecule has 112 valence electrons. The van der Waals surface area contributed by atoms with E-state index >= 15 is 0 Å². The molecule has 0 aliphatic heterocycles. The molecule has 0 atom stereocenters. The second-order valence-corrected chi connectivity index (χ2v) is 5.58. The van der Waals surface area contributed by atoms with Gasteiger partial charge in [-0.15, -0.1) is 0 Å². The Morgan fingerprint density at radius 1 is 1.04 bits per heavy atom. The number of nitrogens with two attached hydrogens (primary N) is 1. The summed E-state index contributed by atoms with van der Waals surface area (Å²) in [4.78, 5) is 15.5. The van der Waals surface area contributed by atoms with Crippen LogP contribution in [0.25, 0.3) is 22.3 Å². The molecule has 0 unspecified atom stereocenters. The third kappa shape index (κ3) is 2.11. The fourth-order valence-corrected chi connectivity index (χ4v) is 3.25. The third-order valence-electron chi connectivity index (χ3n) is 4.27. The largest absolute Gasteiger partial charge is 0.366 e. The first-order valence-corrected chi connectivity index (χ1v) is 7.31. The number of hydrogen-bond donors (Lipinski definition) is 1. The van der Waals surface area contributed by atoms with Crippen molar-refractivity contribution in [3.63, 3.8) is 0 Å². The fourth-order valence-electron chi connectivity index (χ4n) is 3.25. The maximum absolute atomic E-state index is 13.1. The molecule has 1 aliphatic rings. The Balaban J connectivity index is 2.02. The average molecular weight is 304 g/mol. The zero-order valence-electron chi connectivity index (χ0n) is 12.2. The van der Waals surface area contributed by atoms with Gasteiger partial charge in [-0.2, -0.15) is 4.39 Å². The first-order valence-electron chi connectivity index (χ1n) is 7.31. The molecular weight excluding hydrogens is 291 g/mol. The van der Waals surface area contributed by atoms with Crippen molar-refractivity contribution >= 4 is 5.91 Å². The van der Waals surface area contributed by atoms with Crippen molar-refractivity contribution in [2.45, 2.75) is 6.42 Å². The molecule has 4 heteroatoms. The third-order valence-corrected chi connectivity index (χ3v) is 4.27. The van der Waals surface area contributed by atoms with Crippen molar-refractivity contribution in [3.05, 3.63) is 77.4 Å². The van der Waals surface area contributed by atoms with Gasteiger partial charge < -0.3 is 5.73 Å². The monoisotopic (exact) mass is 304 g/mol. The van der Waals surface area contributed by atoms with Gasteiger partial charge in [-0.25, -0.2) is 4.98 Å². The van der Waals surface area contributed by atoms with Gasteiger partial charge >= 0.3 is 0 Å². The number of rotatable bonds is 2. The zero-order valence-corrected chi connectivity index (χ0v) is 12.2. The van der Waals surface area contributed by atoms with Crippen molar-refractivity contribution in [1.82, 2.24) is 4.98 Å². The van der Waals surface area contributed by atoms with E-state index in [0.29, 0.717) is 12.0 Å². The first-order chi connectivity index (χ1) is 11.1. The molecule has 2 aromatic carbocycles. The SMILES string of the molecule is NC(=O)c1ccc(-c2ccc(F)nc2)c2c1Cc1ccccc1-2. The number of pyridine rings is 1. The minimum Gasteiger partial charge on any atom is -0.366 e. The van der Waals surface area contributed by atoms with Crippen LogP contribution in [0.2, 0.25) is 0 Å². The molecule has 1 amide bonds. The van der Waals surface area contributed by atoms with Crippen LogP contribution in [0.15, 0.2) is 54.7 Å². The molecule has 2 N–H and O–H groups in total. The second-order valence-electron chi connectivity index (χ2n) is 5.58. The van der Waals surface area contributed by atoms with E-state index in [4.69, 9.17) is 5.73 Å². The highest BCUT2D eigenvalue weighted by Crippen LogP contribution is 2.44. The molecule has 4 rings (SSSR count). The minimum atomic E-state index is -0.514.